The molecule has 8 heteroatoms. The molecule has 0 saturated heterocycles. The molecule has 0 fully saturated rings. The van der Waals surface area contributed by atoms with Gasteiger partial charge in [0.15, 0.2) is 0 Å². The lowest BCUT2D eigenvalue weighted by atomic mass is 10.1. The van der Waals surface area contributed by atoms with Gasteiger partial charge in [-0.25, -0.2) is 4.68 Å². The monoisotopic (exact) mass is 394 g/mol. The lowest BCUT2D eigenvalue weighted by molar-refractivity contribution is 0.303. The van der Waals surface area contributed by atoms with Gasteiger partial charge in [-0.15, -0.1) is 0 Å². The zero-order valence-corrected chi connectivity index (χ0v) is 15.8. The fourth-order valence-electron chi connectivity index (χ4n) is 2.28. The third-order valence-electron chi connectivity index (χ3n) is 3.58. The summed E-state index contributed by atoms with van der Waals surface area (Å²) >= 11 is 17.6. The van der Waals surface area contributed by atoms with Gasteiger partial charge in [0, 0.05) is 10.6 Å². The molecule has 2 aromatic carbocycles. The Morgan fingerprint density at radius 3 is 2.68 bits per heavy atom. The highest BCUT2D eigenvalue weighted by Crippen LogP contribution is 2.33. The Kier molecular flexibility index (Phi) is 5.63. The van der Waals surface area contributed by atoms with Gasteiger partial charge < -0.3 is 10.2 Å². The Bertz CT molecular complexity index is 921. The lowest BCUT2D eigenvalue weighted by Crippen LogP contribution is -2.14. The van der Waals surface area contributed by atoms with E-state index < -0.39 is 0 Å². The Morgan fingerprint density at radius 1 is 1.24 bits per heavy atom. The molecule has 130 valence electrons. The molecule has 1 heterocycles. The number of rotatable bonds is 6. The van der Waals surface area contributed by atoms with Crippen LogP contribution in [0.25, 0.3) is 0 Å². The van der Waals surface area contributed by atoms with E-state index in [1.807, 2.05) is 37.3 Å². The Labute approximate surface area is 160 Å². The number of aromatic nitrogens is 3. The van der Waals surface area contributed by atoms with Gasteiger partial charge in [0.25, 0.3) is 0 Å². The predicted molar refractivity (Wildman–Crippen MR) is 102 cm³/mol. The smallest absolute Gasteiger partial charge is 0.214 e. The first kappa shape index (κ1) is 17.8. The molecule has 2 N–H and O–H groups in total. The number of ether oxygens (including phenoxy) is 1. The van der Waals surface area contributed by atoms with E-state index in [0.717, 1.165) is 11.1 Å². The van der Waals surface area contributed by atoms with Crippen molar-refractivity contribution in [2.24, 2.45) is 0 Å². The van der Waals surface area contributed by atoms with Gasteiger partial charge in [-0.1, -0.05) is 53.0 Å². The maximum atomic E-state index is 6.33. The summed E-state index contributed by atoms with van der Waals surface area (Å²) in [6, 6.07) is 11.6. The molecule has 0 unspecified atom stereocenters. The molecule has 0 amide bonds. The normalized spacial score (nSPS) is 10.7. The van der Waals surface area contributed by atoms with Gasteiger partial charge in [0.05, 0.1) is 11.6 Å². The fraction of sp³-hybridized carbons (Fsp3) is 0.176. The van der Waals surface area contributed by atoms with Gasteiger partial charge in [-0.3, -0.25) is 5.10 Å². The average Bonchev–Trinajstić information content (AvgIpc) is 2.98. The van der Waals surface area contributed by atoms with Crippen LogP contribution >= 0.6 is 35.4 Å². The lowest BCUT2D eigenvalue weighted by Gasteiger charge is -2.15. The molecule has 0 spiro atoms. The highest BCUT2D eigenvalue weighted by molar-refractivity contribution is 7.71. The van der Waals surface area contributed by atoms with E-state index in [-0.39, 0.29) is 0 Å². The van der Waals surface area contributed by atoms with Crippen molar-refractivity contribution < 1.29 is 4.74 Å². The molecule has 25 heavy (non-hydrogen) atoms. The first-order chi connectivity index (χ1) is 12.0. The van der Waals surface area contributed by atoms with E-state index in [0.29, 0.717) is 33.7 Å². The molecule has 0 radical (unpaired) electrons. The zero-order valence-electron chi connectivity index (χ0n) is 13.4. The van der Waals surface area contributed by atoms with Crippen molar-refractivity contribution in [3.63, 3.8) is 0 Å². The maximum Gasteiger partial charge on any atom is 0.214 e. The third kappa shape index (κ3) is 4.54. The minimum absolute atomic E-state index is 0.416. The predicted octanol–water partition coefficient (Wildman–Crippen LogP) is 4.88. The van der Waals surface area contributed by atoms with Crippen molar-refractivity contribution in [1.82, 2.24) is 14.9 Å². The highest BCUT2D eigenvalue weighted by atomic mass is 35.5. The van der Waals surface area contributed by atoms with Gasteiger partial charge in [-0.2, -0.15) is 5.10 Å². The second-order valence-corrected chi connectivity index (χ2v) is 6.75. The SMILES string of the molecule is Cc1ccc(COc2c(Cl)cc(Cl)cc2CNn2cn[nH]c2=S)cc1. The summed E-state index contributed by atoms with van der Waals surface area (Å²) in [6.07, 6.45) is 1.56. The molecule has 0 aliphatic carbocycles. The summed E-state index contributed by atoms with van der Waals surface area (Å²) < 4.78 is 8.03. The molecule has 3 rings (SSSR count). The van der Waals surface area contributed by atoms with Gasteiger partial charge in [-0.05, 0) is 36.8 Å². The van der Waals surface area contributed by atoms with Crippen LogP contribution < -0.4 is 10.2 Å². The van der Waals surface area contributed by atoms with Crippen LogP contribution in [-0.2, 0) is 13.2 Å². The van der Waals surface area contributed by atoms with Crippen molar-refractivity contribution in [3.8, 4) is 5.75 Å². The van der Waals surface area contributed by atoms with Crippen LogP contribution in [0, 0.1) is 11.7 Å². The molecule has 0 aliphatic rings. The molecular weight excluding hydrogens is 379 g/mol. The molecule has 1 aromatic heterocycles. The summed E-state index contributed by atoms with van der Waals surface area (Å²) in [6.45, 7) is 2.89. The van der Waals surface area contributed by atoms with Crippen LogP contribution in [-0.4, -0.2) is 14.9 Å². The molecule has 0 aliphatic heterocycles. The Balaban J connectivity index is 1.78. The summed E-state index contributed by atoms with van der Waals surface area (Å²) in [5, 5.41) is 7.54. The number of H-pyrrole nitrogens is 1. The van der Waals surface area contributed by atoms with E-state index in [9.17, 15) is 0 Å². The number of nitrogens with zero attached hydrogens (tertiary/aromatic N) is 2. The zero-order chi connectivity index (χ0) is 17.8. The number of aromatic amines is 1. The fourth-order valence-corrected chi connectivity index (χ4v) is 3.03. The van der Waals surface area contributed by atoms with Crippen LogP contribution in [0.5, 0.6) is 5.75 Å². The van der Waals surface area contributed by atoms with Crippen LogP contribution in [0.2, 0.25) is 10.0 Å². The van der Waals surface area contributed by atoms with E-state index >= 15 is 0 Å². The first-order valence-electron chi connectivity index (χ1n) is 7.55. The molecule has 3 aromatic rings. The minimum atomic E-state index is 0.416. The summed E-state index contributed by atoms with van der Waals surface area (Å²) in [5.74, 6) is 0.592. The summed E-state index contributed by atoms with van der Waals surface area (Å²) in [4.78, 5) is 0. The van der Waals surface area contributed by atoms with Gasteiger partial charge in [0.1, 0.15) is 18.7 Å². The minimum Gasteiger partial charge on any atom is -0.487 e. The summed E-state index contributed by atoms with van der Waals surface area (Å²) in [5.41, 5.74) is 6.22. The number of nitrogens with one attached hydrogen (secondary N) is 2. The van der Waals surface area contributed by atoms with Gasteiger partial charge in [0.2, 0.25) is 4.77 Å². The topological polar surface area (TPSA) is 54.9 Å². The van der Waals surface area contributed by atoms with Crippen molar-refractivity contribution in [1.29, 1.82) is 0 Å². The van der Waals surface area contributed by atoms with Gasteiger partial charge >= 0.3 is 0 Å². The van der Waals surface area contributed by atoms with Crippen LogP contribution in [0.3, 0.4) is 0 Å². The van der Waals surface area contributed by atoms with E-state index in [4.69, 9.17) is 40.2 Å². The second kappa shape index (κ2) is 7.91. The van der Waals surface area contributed by atoms with Crippen LogP contribution in [0.15, 0.2) is 42.7 Å². The maximum absolute atomic E-state index is 6.33. The van der Waals surface area contributed by atoms with Crippen LogP contribution in [0.1, 0.15) is 16.7 Å². The molecule has 0 bridgehead atoms. The summed E-state index contributed by atoms with van der Waals surface area (Å²) in [7, 11) is 0. The Hall–Kier alpha value is -2.02. The highest BCUT2D eigenvalue weighted by Gasteiger charge is 2.11. The Morgan fingerprint density at radius 2 is 2.00 bits per heavy atom. The molecular formula is C17H16Cl2N4OS. The van der Waals surface area contributed by atoms with Crippen molar-refractivity contribution >= 4 is 35.4 Å². The van der Waals surface area contributed by atoms with Crippen molar-refractivity contribution in [2.75, 3.05) is 5.43 Å². The standard InChI is InChI=1S/C17H16Cl2N4OS/c1-11-2-4-12(5-3-11)9-24-16-13(6-14(18)7-15(16)19)8-21-23-10-20-22-17(23)25/h2-7,10,21H,8-9H2,1H3,(H,22,25). The number of halogens is 2. The van der Waals surface area contributed by atoms with E-state index in [1.165, 1.54) is 5.56 Å². The molecule has 0 saturated carbocycles. The van der Waals surface area contributed by atoms with Crippen LogP contribution in [0.4, 0.5) is 0 Å². The van der Waals surface area contributed by atoms with Crippen molar-refractivity contribution in [2.45, 2.75) is 20.1 Å². The van der Waals surface area contributed by atoms with E-state index in [1.54, 1.807) is 17.1 Å². The number of benzene rings is 2. The first-order valence-corrected chi connectivity index (χ1v) is 8.71. The number of hydrogen-bond acceptors (Lipinski definition) is 4. The largest absolute Gasteiger partial charge is 0.487 e. The number of aryl methyl sites for hydroxylation is 1. The second-order valence-electron chi connectivity index (χ2n) is 5.52. The number of hydrogen-bond donors (Lipinski definition) is 2. The molecule has 0 atom stereocenters. The van der Waals surface area contributed by atoms with Crippen molar-refractivity contribution in [3.05, 3.63) is 74.2 Å². The third-order valence-corrected chi connectivity index (χ3v) is 4.37. The quantitative estimate of drug-likeness (QED) is 0.585. The average molecular weight is 395 g/mol. The molecule has 5 nitrogen and oxygen atoms in total. The van der Waals surface area contributed by atoms with E-state index in [2.05, 4.69) is 15.6 Å².